The van der Waals surface area contributed by atoms with Crippen LogP contribution in [0, 0.1) is 29.3 Å². The Morgan fingerprint density at radius 1 is 1.00 bits per heavy atom. The van der Waals surface area contributed by atoms with Crippen molar-refractivity contribution in [3.8, 4) is 23.0 Å². The molecule has 4 atom stereocenters. The minimum absolute atomic E-state index is 0.0125. The number of alkyl halides is 3. The van der Waals surface area contributed by atoms with Gasteiger partial charge in [-0.2, -0.15) is 9.97 Å². The van der Waals surface area contributed by atoms with E-state index in [-0.39, 0.29) is 70.9 Å². The van der Waals surface area contributed by atoms with Crippen molar-refractivity contribution in [1.29, 1.82) is 0 Å². The summed E-state index contributed by atoms with van der Waals surface area (Å²) in [7, 11) is 0. The molecule has 0 spiro atoms. The molecule has 1 aliphatic carbocycles. The number of halogens is 6. The number of hydrogen-bond acceptors (Lipinski definition) is 7. The first-order valence-corrected chi connectivity index (χ1v) is 15.2. The van der Waals surface area contributed by atoms with Gasteiger partial charge in [0.15, 0.2) is 17.5 Å². The SMILES string of the molecule is Oc1cc(-c2ncc3c(N4C[C@H]5CC[C@@H](C4)C5(F)F)nc(OC[C@@]45CCCN4C[C@H](F)C5)nc3c2F)c2c(F)c(F)ccc2c1. The maximum absolute atomic E-state index is 16.6. The summed E-state index contributed by atoms with van der Waals surface area (Å²) in [6, 6.07) is 4.28. The van der Waals surface area contributed by atoms with E-state index in [1.807, 2.05) is 4.90 Å². The first kappa shape index (κ1) is 28.6. The third kappa shape index (κ3) is 4.40. The van der Waals surface area contributed by atoms with E-state index in [0.29, 0.717) is 25.8 Å². The van der Waals surface area contributed by atoms with Crippen molar-refractivity contribution in [2.24, 2.45) is 11.8 Å². The Labute approximate surface area is 253 Å². The second-order valence-corrected chi connectivity index (χ2v) is 12.9. The van der Waals surface area contributed by atoms with E-state index in [0.717, 1.165) is 25.1 Å². The molecule has 7 nitrogen and oxygen atoms in total. The normalized spacial score (nSPS) is 27.5. The second-order valence-electron chi connectivity index (χ2n) is 12.9. The zero-order chi connectivity index (χ0) is 31.2. The summed E-state index contributed by atoms with van der Waals surface area (Å²) in [5.74, 6) is -8.15. The molecule has 3 saturated heterocycles. The number of piperidine rings is 1. The molecule has 3 aliphatic heterocycles. The van der Waals surface area contributed by atoms with Crippen LogP contribution in [-0.4, -0.2) is 75.4 Å². The lowest BCUT2D eigenvalue weighted by Crippen LogP contribution is -2.49. The topological polar surface area (TPSA) is 74.6 Å². The van der Waals surface area contributed by atoms with Gasteiger partial charge in [0, 0.05) is 55.0 Å². The van der Waals surface area contributed by atoms with Gasteiger partial charge in [0.1, 0.15) is 35.6 Å². The number of fused-ring (bicyclic) bond motifs is 5. The van der Waals surface area contributed by atoms with E-state index in [1.165, 1.54) is 18.3 Å². The summed E-state index contributed by atoms with van der Waals surface area (Å²) in [6.45, 7) is 1.07. The number of nitrogens with zero attached hydrogens (tertiary/aromatic N) is 5. The highest BCUT2D eigenvalue weighted by molar-refractivity contribution is 6.00. The molecule has 236 valence electrons. The number of rotatable bonds is 5. The molecule has 45 heavy (non-hydrogen) atoms. The fraction of sp³-hybridized carbons (Fsp3) is 0.469. The number of benzene rings is 2. The molecule has 0 amide bonds. The van der Waals surface area contributed by atoms with Crippen LogP contribution in [0.3, 0.4) is 0 Å². The van der Waals surface area contributed by atoms with Crippen molar-refractivity contribution in [3.63, 3.8) is 0 Å². The van der Waals surface area contributed by atoms with E-state index in [4.69, 9.17) is 4.74 Å². The fourth-order valence-corrected chi connectivity index (χ4v) is 8.06. The average Bonchev–Trinajstić information content (AvgIpc) is 3.53. The number of aromatic hydroxyl groups is 1. The molecule has 4 fully saturated rings. The Kier molecular flexibility index (Phi) is 6.40. The number of aromatic nitrogens is 3. The molecule has 2 aromatic heterocycles. The predicted octanol–water partition coefficient (Wildman–Crippen LogP) is 6.40. The molecule has 0 unspecified atom stereocenters. The Balaban J connectivity index is 1.27. The van der Waals surface area contributed by atoms with Crippen molar-refractivity contribution >= 4 is 27.5 Å². The minimum atomic E-state index is -2.82. The van der Waals surface area contributed by atoms with Crippen molar-refractivity contribution in [3.05, 3.63) is 47.9 Å². The second kappa shape index (κ2) is 10.1. The van der Waals surface area contributed by atoms with Gasteiger partial charge in [0.05, 0.1) is 10.9 Å². The Hall–Kier alpha value is -3.87. The van der Waals surface area contributed by atoms with E-state index >= 15 is 8.78 Å². The number of phenols is 1. The number of pyridine rings is 1. The molecule has 4 aliphatic rings. The van der Waals surface area contributed by atoms with Gasteiger partial charge in [-0.15, -0.1) is 0 Å². The van der Waals surface area contributed by atoms with Gasteiger partial charge in [-0.1, -0.05) is 6.07 Å². The van der Waals surface area contributed by atoms with Crippen molar-refractivity contribution < 1.29 is 36.2 Å². The lowest BCUT2D eigenvalue weighted by Gasteiger charge is -2.38. The van der Waals surface area contributed by atoms with Crippen LogP contribution in [0.15, 0.2) is 30.5 Å². The van der Waals surface area contributed by atoms with Gasteiger partial charge < -0.3 is 14.7 Å². The van der Waals surface area contributed by atoms with Gasteiger partial charge in [-0.05, 0) is 55.8 Å². The molecular weight excluding hydrogens is 600 g/mol. The van der Waals surface area contributed by atoms with E-state index in [9.17, 15) is 22.7 Å². The molecule has 5 heterocycles. The number of hydrogen-bond donors (Lipinski definition) is 1. The number of phenolic OH excluding ortho intramolecular Hbond substituents is 1. The van der Waals surface area contributed by atoms with E-state index < -0.39 is 52.6 Å². The van der Waals surface area contributed by atoms with Gasteiger partial charge >= 0.3 is 6.01 Å². The molecular formula is C32H29F6N5O2. The van der Waals surface area contributed by atoms with Crippen LogP contribution in [0.5, 0.6) is 11.8 Å². The van der Waals surface area contributed by atoms with Crippen LogP contribution in [0.2, 0.25) is 0 Å². The first-order valence-electron chi connectivity index (χ1n) is 15.2. The minimum Gasteiger partial charge on any atom is -0.508 e. The standard InChI is InChI=1S/C32H29F6N5O2/c33-19-10-31(6-1-7-43(31)14-19)15-45-30-40-28-22(29(41-30)42-12-17-3-4-18(13-42)32(17,37)38)11-39-27(26(28)36)21-9-20(44)8-16-2-5-23(34)25(35)24(16)21/h2,5,8-9,11,17-19,44H,1,3-4,6-7,10,12-15H2/t17-,18+,19-,31+/m1/s1. The summed E-state index contributed by atoms with van der Waals surface area (Å²) >= 11 is 0. The molecule has 13 heteroatoms. The third-order valence-corrected chi connectivity index (χ3v) is 10.3. The lowest BCUT2D eigenvalue weighted by molar-refractivity contribution is -0.0830. The average molecular weight is 630 g/mol. The van der Waals surface area contributed by atoms with Crippen LogP contribution in [0.25, 0.3) is 32.9 Å². The smallest absolute Gasteiger partial charge is 0.319 e. The maximum Gasteiger partial charge on any atom is 0.319 e. The third-order valence-electron chi connectivity index (χ3n) is 10.3. The van der Waals surface area contributed by atoms with Gasteiger partial charge in [-0.25, -0.2) is 26.3 Å². The Bertz CT molecular complexity index is 1840. The van der Waals surface area contributed by atoms with Crippen LogP contribution in [0.4, 0.5) is 32.2 Å². The fourth-order valence-electron chi connectivity index (χ4n) is 8.06. The van der Waals surface area contributed by atoms with Gasteiger partial charge in [0.25, 0.3) is 5.92 Å². The first-order chi connectivity index (χ1) is 21.5. The monoisotopic (exact) mass is 629 g/mol. The Morgan fingerprint density at radius 2 is 1.78 bits per heavy atom. The van der Waals surface area contributed by atoms with Gasteiger partial charge in [-0.3, -0.25) is 9.88 Å². The molecule has 8 rings (SSSR count). The van der Waals surface area contributed by atoms with Crippen LogP contribution in [0.1, 0.15) is 32.1 Å². The van der Waals surface area contributed by atoms with E-state index in [2.05, 4.69) is 15.0 Å². The molecule has 1 N–H and O–H groups in total. The molecule has 0 radical (unpaired) electrons. The highest BCUT2D eigenvalue weighted by atomic mass is 19.3. The molecule has 4 aromatic rings. The molecule has 2 aromatic carbocycles. The summed E-state index contributed by atoms with van der Waals surface area (Å²) in [5, 5.41) is 10.3. The van der Waals surface area contributed by atoms with Crippen LogP contribution in [-0.2, 0) is 0 Å². The largest absolute Gasteiger partial charge is 0.508 e. The quantitative estimate of drug-likeness (QED) is 0.256. The highest BCUT2D eigenvalue weighted by Gasteiger charge is 2.56. The van der Waals surface area contributed by atoms with Crippen molar-refractivity contribution in [2.75, 3.05) is 37.7 Å². The predicted molar refractivity (Wildman–Crippen MR) is 154 cm³/mol. The van der Waals surface area contributed by atoms with Crippen molar-refractivity contribution in [1.82, 2.24) is 19.9 Å². The highest BCUT2D eigenvalue weighted by Crippen LogP contribution is 2.50. The summed E-state index contributed by atoms with van der Waals surface area (Å²) in [6.07, 6.45) is 2.86. The van der Waals surface area contributed by atoms with Gasteiger partial charge in [0.2, 0.25) is 0 Å². The Morgan fingerprint density at radius 3 is 2.56 bits per heavy atom. The zero-order valence-corrected chi connectivity index (χ0v) is 24.0. The van der Waals surface area contributed by atoms with Crippen molar-refractivity contribution in [2.45, 2.75) is 49.7 Å². The summed E-state index contributed by atoms with van der Waals surface area (Å²) < 4.78 is 96.1. The van der Waals surface area contributed by atoms with Crippen LogP contribution < -0.4 is 9.64 Å². The maximum atomic E-state index is 16.6. The summed E-state index contributed by atoms with van der Waals surface area (Å²) in [4.78, 5) is 16.9. The van der Waals surface area contributed by atoms with Crippen LogP contribution >= 0.6 is 0 Å². The number of ether oxygens (including phenoxy) is 1. The number of anilines is 1. The molecule has 1 saturated carbocycles. The summed E-state index contributed by atoms with van der Waals surface area (Å²) in [5.41, 5.74) is -1.40. The lowest BCUT2D eigenvalue weighted by atomic mass is 9.93. The molecule has 2 bridgehead atoms. The zero-order valence-electron chi connectivity index (χ0n) is 24.0. The van der Waals surface area contributed by atoms with E-state index in [1.54, 1.807) is 4.90 Å².